The molecule has 0 bridgehead atoms. The van der Waals surface area contributed by atoms with Crippen LogP contribution in [0.25, 0.3) is 0 Å². The van der Waals surface area contributed by atoms with Gasteiger partial charge in [-0.25, -0.2) is 0 Å². The van der Waals surface area contributed by atoms with Gasteiger partial charge in [-0.15, -0.1) is 0 Å². The Morgan fingerprint density at radius 2 is 1.18 bits per heavy atom. The van der Waals surface area contributed by atoms with Crippen LogP contribution in [0, 0.1) is 0 Å². The third-order valence-corrected chi connectivity index (χ3v) is 3.94. The molecule has 0 unspecified atom stereocenters. The fraction of sp³-hybridized carbons (Fsp3) is 0.789. The maximum atomic E-state index is 11.0. The number of hydrogen-bond acceptors (Lipinski definition) is 2. The third kappa shape index (κ3) is 15.3. The molecule has 0 rings (SSSR count). The highest BCUT2D eigenvalue weighted by Gasteiger charge is 2.07. The molecule has 0 fully saturated rings. The summed E-state index contributed by atoms with van der Waals surface area (Å²) in [7, 11) is 0. The zero-order valence-electron chi connectivity index (χ0n) is 14.4. The Bertz CT molecular complexity index is 311. The Labute approximate surface area is 136 Å². The molecule has 0 aromatic carbocycles. The van der Waals surface area contributed by atoms with Crippen molar-refractivity contribution in [2.45, 2.75) is 96.8 Å². The van der Waals surface area contributed by atoms with Crippen molar-refractivity contribution >= 4 is 11.7 Å². The second-order valence-corrected chi connectivity index (χ2v) is 6.12. The minimum Gasteiger partial charge on any atom is -0.363 e. The van der Waals surface area contributed by atoms with Crippen molar-refractivity contribution in [2.24, 2.45) is 5.73 Å². The Hall–Kier alpha value is -1.12. The van der Waals surface area contributed by atoms with E-state index in [9.17, 15) is 9.59 Å². The molecule has 0 heterocycles. The van der Waals surface area contributed by atoms with Crippen molar-refractivity contribution in [3.05, 3.63) is 12.2 Å². The maximum Gasteiger partial charge on any atom is 0.284 e. The topological polar surface area (TPSA) is 60.2 Å². The summed E-state index contributed by atoms with van der Waals surface area (Å²) in [6.07, 6.45) is 20.9. The average Bonchev–Trinajstić information content (AvgIpc) is 2.50. The van der Waals surface area contributed by atoms with Crippen LogP contribution in [-0.2, 0) is 9.59 Å². The van der Waals surface area contributed by atoms with Gasteiger partial charge in [-0.3, -0.25) is 9.59 Å². The summed E-state index contributed by atoms with van der Waals surface area (Å²) in [5.74, 6) is -1.23. The Morgan fingerprint density at radius 1 is 0.727 bits per heavy atom. The Balaban J connectivity index is 3.17. The van der Waals surface area contributed by atoms with E-state index < -0.39 is 11.7 Å². The van der Waals surface area contributed by atoms with Crippen LogP contribution in [0.3, 0.4) is 0 Å². The van der Waals surface area contributed by atoms with Gasteiger partial charge >= 0.3 is 0 Å². The molecule has 0 saturated heterocycles. The molecule has 0 aromatic rings. The van der Waals surface area contributed by atoms with Crippen molar-refractivity contribution in [1.82, 2.24) is 0 Å². The number of allylic oxidation sites excluding steroid dienone is 2. The molecule has 3 nitrogen and oxygen atoms in total. The SMILES string of the molecule is CCCCCCCC/C=C\CCCCCCCC(=O)C(N)=O. The first-order valence-electron chi connectivity index (χ1n) is 9.16. The van der Waals surface area contributed by atoms with E-state index >= 15 is 0 Å². The lowest BCUT2D eigenvalue weighted by Gasteiger charge is -1.99. The molecule has 0 aromatic heterocycles. The maximum absolute atomic E-state index is 11.0. The molecular weight excluding hydrogens is 274 g/mol. The molecule has 1 amide bonds. The van der Waals surface area contributed by atoms with Crippen LogP contribution in [0.1, 0.15) is 96.8 Å². The molecule has 0 aliphatic rings. The number of rotatable bonds is 16. The molecule has 3 heteroatoms. The molecule has 0 radical (unpaired) electrons. The number of nitrogens with two attached hydrogens (primary N) is 1. The largest absolute Gasteiger partial charge is 0.363 e. The quantitative estimate of drug-likeness (QED) is 0.245. The van der Waals surface area contributed by atoms with Crippen LogP contribution in [0.4, 0.5) is 0 Å². The van der Waals surface area contributed by atoms with E-state index in [1.807, 2.05) is 0 Å². The molecule has 0 aliphatic carbocycles. The number of primary amides is 1. The van der Waals surface area contributed by atoms with Gasteiger partial charge < -0.3 is 5.73 Å². The van der Waals surface area contributed by atoms with Crippen molar-refractivity contribution in [1.29, 1.82) is 0 Å². The van der Waals surface area contributed by atoms with E-state index in [0.29, 0.717) is 6.42 Å². The number of carbonyl (C=O) groups excluding carboxylic acids is 2. The number of amides is 1. The number of carbonyl (C=O) groups is 2. The van der Waals surface area contributed by atoms with Gasteiger partial charge in [0.05, 0.1) is 0 Å². The Morgan fingerprint density at radius 3 is 1.68 bits per heavy atom. The highest BCUT2D eigenvalue weighted by Crippen LogP contribution is 2.09. The highest BCUT2D eigenvalue weighted by molar-refractivity contribution is 6.35. The zero-order valence-corrected chi connectivity index (χ0v) is 14.4. The van der Waals surface area contributed by atoms with Gasteiger partial charge in [-0.1, -0.05) is 70.4 Å². The summed E-state index contributed by atoms with van der Waals surface area (Å²) in [4.78, 5) is 21.5. The van der Waals surface area contributed by atoms with E-state index in [-0.39, 0.29) is 0 Å². The number of Topliss-reactive ketones (excluding diaryl/α,β-unsaturated/α-hetero) is 1. The first kappa shape index (κ1) is 20.9. The van der Waals surface area contributed by atoms with Gasteiger partial charge in [0.15, 0.2) is 0 Å². The standard InChI is InChI=1S/C19H35NO2/c1-2-3-4-5-6-7-8-9-10-11-12-13-14-15-16-17-18(21)19(20)22/h9-10H,2-8,11-17H2,1H3,(H2,20,22)/b10-9-. The summed E-state index contributed by atoms with van der Waals surface area (Å²) in [6.45, 7) is 2.25. The van der Waals surface area contributed by atoms with Gasteiger partial charge in [0.1, 0.15) is 0 Å². The summed E-state index contributed by atoms with van der Waals surface area (Å²) in [5, 5.41) is 0. The van der Waals surface area contributed by atoms with Crippen molar-refractivity contribution in [2.75, 3.05) is 0 Å². The molecule has 0 spiro atoms. The predicted octanol–water partition coefficient (Wildman–Crippen LogP) is 5.08. The van der Waals surface area contributed by atoms with Crippen LogP contribution >= 0.6 is 0 Å². The molecule has 0 atom stereocenters. The van der Waals surface area contributed by atoms with Gasteiger partial charge in [-0.05, 0) is 32.1 Å². The lowest BCUT2D eigenvalue weighted by Crippen LogP contribution is -2.22. The minimum atomic E-state index is -0.796. The lowest BCUT2D eigenvalue weighted by molar-refractivity contribution is -0.136. The van der Waals surface area contributed by atoms with Gasteiger partial charge in [0.2, 0.25) is 5.78 Å². The van der Waals surface area contributed by atoms with Gasteiger partial charge in [0.25, 0.3) is 5.91 Å². The summed E-state index contributed by atoms with van der Waals surface area (Å²) in [6, 6.07) is 0. The first-order valence-corrected chi connectivity index (χ1v) is 9.16. The van der Waals surface area contributed by atoms with Crippen LogP contribution in [0.15, 0.2) is 12.2 Å². The van der Waals surface area contributed by atoms with Gasteiger partial charge in [-0.2, -0.15) is 0 Å². The number of hydrogen-bond donors (Lipinski definition) is 1. The van der Waals surface area contributed by atoms with E-state index in [1.54, 1.807) is 0 Å². The summed E-state index contributed by atoms with van der Waals surface area (Å²) in [5.41, 5.74) is 4.90. The van der Waals surface area contributed by atoms with Gasteiger partial charge in [0, 0.05) is 6.42 Å². The Kier molecular flexibility index (Phi) is 15.4. The van der Waals surface area contributed by atoms with E-state index in [2.05, 4.69) is 19.1 Å². The molecule has 0 saturated carbocycles. The molecule has 22 heavy (non-hydrogen) atoms. The lowest BCUT2D eigenvalue weighted by atomic mass is 10.1. The summed E-state index contributed by atoms with van der Waals surface area (Å²) >= 11 is 0. The monoisotopic (exact) mass is 309 g/mol. The van der Waals surface area contributed by atoms with Crippen LogP contribution in [0.2, 0.25) is 0 Å². The van der Waals surface area contributed by atoms with E-state index in [0.717, 1.165) is 25.7 Å². The fourth-order valence-electron chi connectivity index (χ4n) is 2.48. The smallest absolute Gasteiger partial charge is 0.284 e. The molecule has 0 aliphatic heterocycles. The normalized spacial score (nSPS) is 11.1. The van der Waals surface area contributed by atoms with E-state index in [1.165, 1.54) is 57.8 Å². The fourth-order valence-corrected chi connectivity index (χ4v) is 2.48. The van der Waals surface area contributed by atoms with Crippen LogP contribution in [-0.4, -0.2) is 11.7 Å². The van der Waals surface area contributed by atoms with Crippen LogP contribution in [0.5, 0.6) is 0 Å². The third-order valence-electron chi connectivity index (χ3n) is 3.94. The van der Waals surface area contributed by atoms with Crippen LogP contribution < -0.4 is 5.73 Å². The van der Waals surface area contributed by atoms with Crippen molar-refractivity contribution < 1.29 is 9.59 Å². The average molecular weight is 309 g/mol. The summed E-state index contributed by atoms with van der Waals surface area (Å²) < 4.78 is 0. The second-order valence-electron chi connectivity index (χ2n) is 6.12. The number of ketones is 1. The predicted molar refractivity (Wildman–Crippen MR) is 93.7 cm³/mol. The highest BCUT2D eigenvalue weighted by atomic mass is 16.2. The molecular formula is C19H35NO2. The first-order chi connectivity index (χ1) is 10.7. The second kappa shape index (κ2) is 16.3. The van der Waals surface area contributed by atoms with Crippen molar-refractivity contribution in [3.8, 4) is 0 Å². The van der Waals surface area contributed by atoms with E-state index in [4.69, 9.17) is 5.73 Å². The zero-order chi connectivity index (χ0) is 16.5. The molecule has 2 N–H and O–H groups in total. The molecule has 128 valence electrons. The number of unbranched alkanes of at least 4 members (excludes halogenated alkanes) is 11. The minimum absolute atomic E-state index is 0.313. The van der Waals surface area contributed by atoms with Crippen molar-refractivity contribution in [3.63, 3.8) is 0 Å².